The lowest BCUT2D eigenvalue weighted by Gasteiger charge is -2.16. The lowest BCUT2D eigenvalue weighted by molar-refractivity contribution is 0.462. The van der Waals surface area contributed by atoms with Crippen LogP contribution in [-0.2, 0) is 0 Å². The average Bonchev–Trinajstić information content (AvgIpc) is 2.36. The Kier molecular flexibility index (Phi) is 3.81. The summed E-state index contributed by atoms with van der Waals surface area (Å²) in [5, 5.41) is 0. The number of hydrogen-bond donors (Lipinski definition) is 1. The molecule has 4 heteroatoms. The van der Waals surface area contributed by atoms with Gasteiger partial charge in [-0.05, 0) is 50.6 Å². The molecule has 2 aromatic rings. The van der Waals surface area contributed by atoms with Gasteiger partial charge in [-0.3, -0.25) is 4.98 Å². The van der Waals surface area contributed by atoms with Gasteiger partial charge in [-0.2, -0.15) is 0 Å². The summed E-state index contributed by atoms with van der Waals surface area (Å²) >= 11 is 0. The highest BCUT2D eigenvalue weighted by Crippen LogP contribution is 2.31. The Labute approximate surface area is 112 Å². The summed E-state index contributed by atoms with van der Waals surface area (Å²) in [4.78, 5) is 4.16. The van der Waals surface area contributed by atoms with E-state index in [-0.39, 0.29) is 11.9 Å². The minimum Gasteiger partial charge on any atom is -0.455 e. The van der Waals surface area contributed by atoms with Crippen LogP contribution in [0.1, 0.15) is 29.8 Å². The lowest BCUT2D eigenvalue weighted by Crippen LogP contribution is -2.08. The molecular weight excluding hydrogens is 243 g/mol. The van der Waals surface area contributed by atoms with Gasteiger partial charge in [-0.15, -0.1) is 0 Å². The van der Waals surface area contributed by atoms with E-state index in [9.17, 15) is 4.39 Å². The van der Waals surface area contributed by atoms with Crippen LogP contribution in [0, 0.1) is 19.7 Å². The van der Waals surface area contributed by atoms with Crippen LogP contribution >= 0.6 is 0 Å². The van der Waals surface area contributed by atoms with E-state index < -0.39 is 0 Å². The third-order valence-corrected chi connectivity index (χ3v) is 2.96. The van der Waals surface area contributed by atoms with Gasteiger partial charge >= 0.3 is 0 Å². The van der Waals surface area contributed by atoms with Gasteiger partial charge in [0.15, 0.2) is 0 Å². The number of hydrogen-bond acceptors (Lipinski definition) is 3. The number of benzene rings is 1. The topological polar surface area (TPSA) is 48.1 Å². The Morgan fingerprint density at radius 3 is 2.63 bits per heavy atom. The molecule has 2 rings (SSSR count). The highest BCUT2D eigenvalue weighted by Gasteiger charge is 2.13. The fraction of sp³-hybridized carbons (Fsp3) is 0.267. The number of rotatable bonds is 3. The van der Waals surface area contributed by atoms with Crippen LogP contribution in [0.2, 0.25) is 0 Å². The highest BCUT2D eigenvalue weighted by molar-refractivity contribution is 5.43. The molecular formula is C15H17FN2O. The molecule has 0 radical (unpaired) electrons. The minimum absolute atomic E-state index is 0.275. The van der Waals surface area contributed by atoms with E-state index in [0.29, 0.717) is 22.6 Å². The number of nitrogens with two attached hydrogens (primary N) is 1. The zero-order valence-electron chi connectivity index (χ0n) is 11.3. The summed E-state index contributed by atoms with van der Waals surface area (Å²) < 4.78 is 19.4. The molecule has 1 atom stereocenters. The third-order valence-electron chi connectivity index (χ3n) is 2.96. The summed E-state index contributed by atoms with van der Waals surface area (Å²) in [6.07, 6.45) is 1.70. The van der Waals surface area contributed by atoms with Crippen LogP contribution in [0.4, 0.5) is 4.39 Å². The van der Waals surface area contributed by atoms with E-state index in [4.69, 9.17) is 10.5 Å². The quantitative estimate of drug-likeness (QED) is 0.916. The molecule has 0 spiro atoms. The second kappa shape index (κ2) is 5.36. The fourth-order valence-corrected chi connectivity index (χ4v) is 1.81. The molecule has 0 bridgehead atoms. The van der Waals surface area contributed by atoms with E-state index in [1.807, 2.05) is 13.0 Å². The number of pyridine rings is 1. The third kappa shape index (κ3) is 2.90. The van der Waals surface area contributed by atoms with Gasteiger partial charge in [0, 0.05) is 17.8 Å². The SMILES string of the molecule is Cc1cc(Oc2cccnc2C)c(C(C)N)cc1F. The first-order chi connectivity index (χ1) is 8.99. The molecule has 0 amide bonds. The molecule has 0 fully saturated rings. The molecule has 2 N–H and O–H groups in total. The highest BCUT2D eigenvalue weighted by atomic mass is 19.1. The average molecular weight is 260 g/mol. The second-order valence-corrected chi connectivity index (χ2v) is 4.62. The van der Waals surface area contributed by atoms with Gasteiger partial charge in [0.25, 0.3) is 0 Å². The first-order valence-electron chi connectivity index (χ1n) is 6.14. The van der Waals surface area contributed by atoms with Gasteiger partial charge in [-0.25, -0.2) is 4.39 Å². The zero-order chi connectivity index (χ0) is 14.0. The van der Waals surface area contributed by atoms with Crippen LogP contribution in [-0.4, -0.2) is 4.98 Å². The molecule has 0 aliphatic carbocycles. The Morgan fingerprint density at radius 2 is 2.00 bits per heavy atom. The van der Waals surface area contributed by atoms with Crippen molar-refractivity contribution in [3.63, 3.8) is 0 Å². The summed E-state index contributed by atoms with van der Waals surface area (Å²) in [5.41, 5.74) is 7.81. The normalized spacial score (nSPS) is 12.3. The molecule has 0 aliphatic rings. The first-order valence-corrected chi connectivity index (χ1v) is 6.14. The Balaban J connectivity index is 2.45. The molecule has 1 heterocycles. The maximum atomic E-state index is 13.6. The molecule has 100 valence electrons. The van der Waals surface area contributed by atoms with Gasteiger partial charge in [-0.1, -0.05) is 0 Å². The van der Waals surface area contributed by atoms with E-state index >= 15 is 0 Å². The summed E-state index contributed by atoms with van der Waals surface area (Å²) in [5.74, 6) is 0.947. The Morgan fingerprint density at radius 1 is 1.26 bits per heavy atom. The van der Waals surface area contributed by atoms with Crippen LogP contribution in [0.25, 0.3) is 0 Å². The lowest BCUT2D eigenvalue weighted by atomic mass is 10.0. The molecule has 1 unspecified atom stereocenters. The number of aryl methyl sites for hydroxylation is 2. The number of halogens is 1. The predicted octanol–water partition coefficient (Wildman–Crippen LogP) is 3.65. The van der Waals surface area contributed by atoms with E-state index in [1.165, 1.54) is 6.07 Å². The van der Waals surface area contributed by atoms with Crippen molar-refractivity contribution in [1.82, 2.24) is 4.98 Å². The van der Waals surface area contributed by atoms with Gasteiger partial charge in [0.1, 0.15) is 17.3 Å². The Hall–Kier alpha value is -1.94. The van der Waals surface area contributed by atoms with Crippen LogP contribution in [0.5, 0.6) is 11.5 Å². The van der Waals surface area contributed by atoms with Crippen molar-refractivity contribution in [3.05, 3.63) is 53.1 Å². The summed E-state index contributed by atoms with van der Waals surface area (Å²) in [6.45, 7) is 5.35. The number of aromatic nitrogens is 1. The van der Waals surface area contributed by atoms with Crippen molar-refractivity contribution in [2.24, 2.45) is 5.73 Å². The van der Waals surface area contributed by atoms with Crippen LogP contribution in [0.3, 0.4) is 0 Å². The maximum absolute atomic E-state index is 13.6. The van der Waals surface area contributed by atoms with Crippen LogP contribution in [0.15, 0.2) is 30.5 Å². The fourth-order valence-electron chi connectivity index (χ4n) is 1.81. The van der Waals surface area contributed by atoms with E-state index in [1.54, 1.807) is 32.2 Å². The summed E-state index contributed by atoms with van der Waals surface area (Å²) in [7, 11) is 0. The predicted molar refractivity (Wildman–Crippen MR) is 72.8 cm³/mol. The van der Waals surface area contributed by atoms with Gasteiger partial charge in [0.2, 0.25) is 0 Å². The summed E-state index contributed by atoms with van der Waals surface area (Å²) in [6, 6.07) is 6.42. The largest absolute Gasteiger partial charge is 0.455 e. The zero-order valence-corrected chi connectivity index (χ0v) is 11.3. The standard InChI is InChI=1S/C15H17FN2O/c1-9-7-15(12(10(2)17)8-13(9)16)19-14-5-4-6-18-11(14)3/h4-8,10H,17H2,1-3H3. The van der Waals surface area contributed by atoms with Crippen molar-refractivity contribution >= 4 is 0 Å². The molecule has 0 saturated heterocycles. The molecule has 1 aromatic carbocycles. The minimum atomic E-state index is -0.304. The van der Waals surface area contributed by atoms with Crippen molar-refractivity contribution in [2.75, 3.05) is 0 Å². The van der Waals surface area contributed by atoms with E-state index in [0.717, 1.165) is 5.69 Å². The Bertz CT molecular complexity index is 597. The van der Waals surface area contributed by atoms with Gasteiger partial charge in [0.05, 0.1) is 5.69 Å². The second-order valence-electron chi connectivity index (χ2n) is 4.62. The van der Waals surface area contributed by atoms with Crippen molar-refractivity contribution in [1.29, 1.82) is 0 Å². The molecule has 19 heavy (non-hydrogen) atoms. The van der Waals surface area contributed by atoms with Crippen LogP contribution < -0.4 is 10.5 Å². The monoisotopic (exact) mass is 260 g/mol. The van der Waals surface area contributed by atoms with Crippen molar-refractivity contribution < 1.29 is 9.13 Å². The van der Waals surface area contributed by atoms with Crippen molar-refractivity contribution in [3.8, 4) is 11.5 Å². The van der Waals surface area contributed by atoms with Gasteiger partial charge < -0.3 is 10.5 Å². The molecule has 0 aliphatic heterocycles. The number of ether oxygens (including phenoxy) is 1. The maximum Gasteiger partial charge on any atom is 0.148 e. The van der Waals surface area contributed by atoms with E-state index in [2.05, 4.69) is 4.98 Å². The molecule has 0 saturated carbocycles. The smallest absolute Gasteiger partial charge is 0.148 e. The number of nitrogens with zero attached hydrogens (tertiary/aromatic N) is 1. The van der Waals surface area contributed by atoms with Crippen molar-refractivity contribution in [2.45, 2.75) is 26.8 Å². The first kappa shape index (κ1) is 13.5. The molecule has 3 nitrogen and oxygen atoms in total. The molecule has 1 aromatic heterocycles.